The zero-order valence-corrected chi connectivity index (χ0v) is 32.9. The minimum Gasteiger partial charge on any atom is -0.343 e. The molecule has 0 spiro atoms. The molecule has 284 valence electrons. The van der Waals surface area contributed by atoms with Gasteiger partial charge in [0.15, 0.2) is 0 Å². The Balaban J connectivity index is 4.48. The lowest BCUT2D eigenvalue weighted by Gasteiger charge is -2.41. The highest BCUT2D eigenvalue weighted by Gasteiger charge is 2.47. The molecule has 3 heteroatoms. The third-order valence-electron chi connectivity index (χ3n) is 11.2. The Bertz CT molecular complexity index is 585. The van der Waals surface area contributed by atoms with Gasteiger partial charge in [0.25, 0.3) is 5.97 Å². The second-order valence-electron chi connectivity index (χ2n) is 15.8. The van der Waals surface area contributed by atoms with Crippen molar-refractivity contribution in [2.75, 3.05) is 0 Å². The molecule has 3 nitrogen and oxygen atoms in total. The largest absolute Gasteiger partial charge is 0.343 e. The minimum atomic E-state index is -2.57. The van der Waals surface area contributed by atoms with Crippen LogP contribution in [0.5, 0.6) is 0 Å². The maximum atomic E-state index is 10.8. The second-order valence-corrected chi connectivity index (χ2v) is 15.8. The molecule has 1 atom stereocenters. The third-order valence-corrected chi connectivity index (χ3v) is 11.2. The maximum Gasteiger partial charge on any atom is 0.281 e. The van der Waals surface area contributed by atoms with Crippen molar-refractivity contribution in [1.82, 2.24) is 0 Å². The van der Waals surface area contributed by atoms with E-state index in [1.54, 1.807) is 0 Å². The molecule has 0 saturated heterocycles. The normalized spacial score (nSPS) is 13.4. The quantitative estimate of drug-likeness (QED) is 0.0450. The van der Waals surface area contributed by atoms with Crippen LogP contribution in [0.2, 0.25) is 0 Å². The van der Waals surface area contributed by atoms with Crippen molar-refractivity contribution in [2.24, 2.45) is 5.41 Å². The van der Waals surface area contributed by atoms with E-state index in [0.29, 0.717) is 0 Å². The van der Waals surface area contributed by atoms with Crippen LogP contribution in [0, 0.1) is 5.41 Å². The molecule has 0 aliphatic heterocycles. The Morgan fingerprint density at radius 1 is 0.234 bits per heavy atom. The lowest BCUT2D eigenvalue weighted by molar-refractivity contribution is -0.380. The highest BCUT2D eigenvalue weighted by molar-refractivity contribution is 4.86. The molecular weight excluding hydrogens is 576 g/mol. The summed E-state index contributed by atoms with van der Waals surface area (Å²) in [5.41, 5.74) is -0.775. The number of unbranched alkanes of at least 4 members (excludes halogenated alkanes) is 33. The van der Waals surface area contributed by atoms with Crippen LogP contribution in [0.25, 0.3) is 0 Å². The van der Waals surface area contributed by atoms with Gasteiger partial charge in [-0.25, -0.2) is 0 Å². The monoisotopic (exact) mass is 667 g/mol. The molecule has 47 heavy (non-hydrogen) atoms. The molecular formula is C44H90O3. The zero-order valence-electron chi connectivity index (χ0n) is 32.9. The molecule has 0 aromatic rings. The van der Waals surface area contributed by atoms with E-state index in [0.717, 1.165) is 57.8 Å². The molecule has 0 saturated carbocycles. The number of hydrogen-bond donors (Lipinski definition) is 3. The molecule has 0 aromatic heterocycles. The van der Waals surface area contributed by atoms with E-state index in [1.807, 2.05) is 0 Å². The van der Waals surface area contributed by atoms with Crippen LogP contribution in [-0.2, 0) is 0 Å². The van der Waals surface area contributed by atoms with E-state index >= 15 is 0 Å². The van der Waals surface area contributed by atoms with Crippen LogP contribution in [0.3, 0.4) is 0 Å². The first kappa shape index (κ1) is 46.9. The van der Waals surface area contributed by atoms with E-state index in [1.165, 1.54) is 193 Å². The number of rotatable bonds is 40. The Morgan fingerprint density at radius 3 is 0.532 bits per heavy atom. The van der Waals surface area contributed by atoms with Crippen molar-refractivity contribution < 1.29 is 15.3 Å². The molecule has 0 bridgehead atoms. The second kappa shape index (κ2) is 35.7. The molecule has 0 radical (unpaired) electrons. The van der Waals surface area contributed by atoms with Crippen molar-refractivity contribution in [3.05, 3.63) is 0 Å². The van der Waals surface area contributed by atoms with Crippen molar-refractivity contribution in [1.29, 1.82) is 0 Å². The van der Waals surface area contributed by atoms with Crippen LogP contribution in [0.4, 0.5) is 0 Å². The molecule has 3 N–H and O–H groups in total. The van der Waals surface area contributed by atoms with Gasteiger partial charge in [0.1, 0.15) is 0 Å². The van der Waals surface area contributed by atoms with Crippen LogP contribution in [-0.4, -0.2) is 21.3 Å². The topological polar surface area (TPSA) is 60.7 Å². The molecule has 0 heterocycles. The van der Waals surface area contributed by atoms with Gasteiger partial charge in [-0.1, -0.05) is 252 Å². The Morgan fingerprint density at radius 2 is 0.383 bits per heavy atom. The fraction of sp³-hybridized carbons (Fsp3) is 1.00. The number of aliphatic hydroxyl groups is 3. The first-order valence-electron chi connectivity index (χ1n) is 22.1. The summed E-state index contributed by atoms with van der Waals surface area (Å²) in [7, 11) is 0. The Hall–Kier alpha value is -0.120. The van der Waals surface area contributed by atoms with Crippen LogP contribution >= 0.6 is 0 Å². The van der Waals surface area contributed by atoms with Gasteiger partial charge in [0, 0.05) is 0 Å². The lowest BCUT2D eigenvalue weighted by atomic mass is 9.71. The van der Waals surface area contributed by atoms with Gasteiger partial charge in [0.05, 0.1) is 5.41 Å². The highest BCUT2D eigenvalue weighted by Crippen LogP contribution is 2.44. The molecule has 0 aromatic carbocycles. The molecule has 0 aliphatic rings. The lowest BCUT2D eigenvalue weighted by Crippen LogP contribution is -2.48. The third kappa shape index (κ3) is 30.4. The highest BCUT2D eigenvalue weighted by atomic mass is 16.7. The van der Waals surface area contributed by atoms with E-state index in [9.17, 15) is 15.3 Å². The summed E-state index contributed by atoms with van der Waals surface area (Å²) in [6.07, 6.45) is 49.2. The molecule has 0 fully saturated rings. The summed E-state index contributed by atoms with van der Waals surface area (Å²) in [5.74, 6) is -2.57. The minimum absolute atomic E-state index is 0.740. The summed E-state index contributed by atoms with van der Waals surface area (Å²) >= 11 is 0. The Kier molecular flexibility index (Phi) is 35.6. The first-order valence-corrected chi connectivity index (χ1v) is 22.1. The summed E-state index contributed by atoms with van der Waals surface area (Å²) in [5, 5.41) is 32.3. The average molecular weight is 667 g/mol. The smallest absolute Gasteiger partial charge is 0.281 e. The van der Waals surface area contributed by atoms with Crippen LogP contribution < -0.4 is 0 Å². The predicted molar refractivity (Wildman–Crippen MR) is 209 cm³/mol. The summed E-state index contributed by atoms with van der Waals surface area (Å²) in [6, 6.07) is 0. The van der Waals surface area contributed by atoms with Gasteiger partial charge in [-0.3, -0.25) is 0 Å². The van der Waals surface area contributed by atoms with Crippen molar-refractivity contribution in [3.8, 4) is 0 Å². The first-order chi connectivity index (χ1) is 22.9. The number of hydrogen-bond acceptors (Lipinski definition) is 3. The van der Waals surface area contributed by atoms with Crippen molar-refractivity contribution >= 4 is 0 Å². The fourth-order valence-electron chi connectivity index (χ4n) is 7.79. The van der Waals surface area contributed by atoms with Gasteiger partial charge in [-0.15, -0.1) is 0 Å². The summed E-state index contributed by atoms with van der Waals surface area (Å²) < 4.78 is 0. The molecule has 0 amide bonds. The molecule has 1 unspecified atom stereocenters. The zero-order chi connectivity index (χ0) is 34.6. The van der Waals surface area contributed by atoms with Gasteiger partial charge >= 0.3 is 0 Å². The van der Waals surface area contributed by atoms with Crippen molar-refractivity contribution in [3.63, 3.8) is 0 Å². The van der Waals surface area contributed by atoms with Gasteiger partial charge in [-0.2, -0.15) is 0 Å². The van der Waals surface area contributed by atoms with Crippen LogP contribution in [0.1, 0.15) is 271 Å². The summed E-state index contributed by atoms with van der Waals surface area (Å²) in [6.45, 7) is 6.84. The maximum absolute atomic E-state index is 10.8. The molecule has 0 rings (SSSR count). The Labute approximate surface area is 297 Å². The van der Waals surface area contributed by atoms with E-state index in [2.05, 4.69) is 20.8 Å². The van der Waals surface area contributed by atoms with Crippen molar-refractivity contribution in [2.45, 2.75) is 277 Å². The molecule has 0 aliphatic carbocycles. The van der Waals surface area contributed by atoms with Gasteiger partial charge in [0.2, 0.25) is 0 Å². The fourth-order valence-corrected chi connectivity index (χ4v) is 7.79. The van der Waals surface area contributed by atoms with E-state index < -0.39 is 11.4 Å². The van der Waals surface area contributed by atoms with Crippen LogP contribution in [0.15, 0.2) is 0 Å². The summed E-state index contributed by atoms with van der Waals surface area (Å²) in [4.78, 5) is 0. The standard InChI is InChI=1S/C44H90O3/c1-4-7-10-13-16-19-22-24-25-27-30-33-36-39-42-43(44(45,46)47,40-37-34-31-28-21-18-15-12-9-6-3)41-38-35-32-29-26-23-20-17-14-11-8-5-2/h45-47H,4-42H2,1-3H3. The van der Waals surface area contributed by atoms with E-state index in [-0.39, 0.29) is 0 Å². The SMILES string of the molecule is CCCCCCCCCCCCCCCCC(CCCCCCCCCCCC)(CCCCCCCCCCCCCC)C(O)(O)O. The van der Waals surface area contributed by atoms with E-state index in [4.69, 9.17) is 0 Å². The van der Waals surface area contributed by atoms with Gasteiger partial charge < -0.3 is 15.3 Å². The predicted octanol–water partition coefficient (Wildman–Crippen LogP) is 14.9. The average Bonchev–Trinajstić information content (AvgIpc) is 3.05. The van der Waals surface area contributed by atoms with Gasteiger partial charge in [-0.05, 0) is 19.3 Å².